The molecule has 70 valence electrons. The van der Waals surface area contributed by atoms with E-state index in [-0.39, 0.29) is 5.92 Å². The van der Waals surface area contributed by atoms with Gasteiger partial charge in [-0.1, -0.05) is 6.92 Å². The summed E-state index contributed by atoms with van der Waals surface area (Å²) >= 11 is 0. The third-order valence-electron chi connectivity index (χ3n) is 2.78. The summed E-state index contributed by atoms with van der Waals surface area (Å²) in [6.45, 7) is 3.72. The Balaban J connectivity index is 2.47. The largest absolute Gasteiger partial charge is 0.345 e. The van der Waals surface area contributed by atoms with E-state index in [0.29, 0.717) is 18.4 Å². The van der Waals surface area contributed by atoms with E-state index in [1.165, 1.54) is 0 Å². The maximum absolute atomic E-state index is 11.5. The van der Waals surface area contributed by atoms with Crippen molar-refractivity contribution in [2.75, 3.05) is 20.1 Å². The van der Waals surface area contributed by atoms with E-state index in [0.717, 1.165) is 19.4 Å². The Kier molecular flexibility index (Phi) is 3.09. The van der Waals surface area contributed by atoms with Crippen LogP contribution in [0.2, 0.25) is 0 Å². The van der Waals surface area contributed by atoms with Crippen molar-refractivity contribution in [1.82, 2.24) is 4.90 Å². The zero-order valence-electron chi connectivity index (χ0n) is 7.92. The van der Waals surface area contributed by atoms with E-state index in [1.807, 2.05) is 11.9 Å². The van der Waals surface area contributed by atoms with Gasteiger partial charge in [0.15, 0.2) is 0 Å². The van der Waals surface area contributed by atoms with Crippen LogP contribution >= 0.6 is 0 Å². The number of hydrogen-bond donors (Lipinski definition) is 1. The third kappa shape index (κ3) is 1.78. The molecule has 2 N–H and O–H groups in total. The highest BCUT2D eigenvalue weighted by molar-refractivity contribution is 5.80. The minimum Gasteiger partial charge on any atom is -0.345 e. The molecule has 0 bridgehead atoms. The molecule has 12 heavy (non-hydrogen) atoms. The Hall–Kier alpha value is -0.570. The van der Waals surface area contributed by atoms with Crippen molar-refractivity contribution in [2.24, 2.45) is 17.6 Å². The predicted molar refractivity (Wildman–Crippen MR) is 48.6 cm³/mol. The summed E-state index contributed by atoms with van der Waals surface area (Å²) in [7, 11) is 1.87. The van der Waals surface area contributed by atoms with Gasteiger partial charge in [-0.2, -0.15) is 0 Å². The zero-order valence-corrected chi connectivity index (χ0v) is 7.92. The van der Waals surface area contributed by atoms with Gasteiger partial charge in [-0.15, -0.1) is 0 Å². The van der Waals surface area contributed by atoms with Crippen LogP contribution in [0.1, 0.15) is 19.8 Å². The first-order valence-electron chi connectivity index (χ1n) is 4.62. The first-order valence-corrected chi connectivity index (χ1v) is 4.62. The van der Waals surface area contributed by atoms with Crippen LogP contribution in [0.3, 0.4) is 0 Å². The van der Waals surface area contributed by atoms with Crippen molar-refractivity contribution in [1.29, 1.82) is 0 Å². The van der Waals surface area contributed by atoms with Crippen molar-refractivity contribution >= 4 is 5.91 Å². The summed E-state index contributed by atoms with van der Waals surface area (Å²) in [4.78, 5) is 13.3. The van der Waals surface area contributed by atoms with Crippen LogP contribution in [-0.4, -0.2) is 30.9 Å². The average molecular weight is 170 g/mol. The summed E-state index contributed by atoms with van der Waals surface area (Å²) in [5.41, 5.74) is 5.45. The van der Waals surface area contributed by atoms with Crippen LogP contribution in [0.5, 0.6) is 0 Å². The highest BCUT2D eigenvalue weighted by Gasteiger charge is 2.32. The van der Waals surface area contributed by atoms with Gasteiger partial charge < -0.3 is 10.6 Å². The van der Waals surface area contributed by atoms with E-state index in [9.17, 15) is 4.79 Å². The first kappa shape index (κ1) is 9.52. The number of nitrogens with two attached hydrogens (primary N) is 1. The molecule has 1 saturated heterocycles. The monoisotopic (exact) mass is 170 g/mol. The minimum atomic E-state index is 0.235. The molecule has 0 aromatic carbocycles. The summed E-state index contributed by atoms with van der Waals surface area (Å²) < 4.78 is 0. The van der Waals surface area contributed by atoms with E-state index in [1.54, 1.807) is 0 Å². The van der Waals surface area contributed by atoms with Crippen LogP contribution in [-0.2, 0) is 4.79 Å². The lowest BCUT2D eigenvalue weighted by Crippen LogP contribution is -2.26. The third-order valence-corrected chi connectivity index (χ3v) is 2.78. The summed E-state index contributed by atoms with van der Waals surface area (Å²) in [5.74, 6) is 0.988. The highest BCUT2D eigenvalue weighted by atomic mass is 16.2. The molecule has 0 radical (unpaired) electrons. The normalized spacial score (nSPS) is 26.4. The summed E-state index contributed by atoms with van der Waals surface area (Å²) in [6.07, 6.45) is 1.97. The fraction of sp³-hybridized carbons (Fsp3) is 0.889. The van der Waals surface area contributed by atoms with E-state index >= 15 is 0 Å². The molecule has 0 saturated carbocycles. The van der Waals surface area contributed by atoms with Crippen LogP contribution in [0.15, 0.2) is 0 Å². The van der Waals surface area contributed by atoms with Gasteiger partial charge in [0.1, 0.15) is 0 Å². The molecule has 1 fully saturated rings. The number of likely N-dealkylation sites (tertiary alicyclic amines) is 1. The number of carbonyl (C=O) groups excluding carboxylic acids is 1. The molecule has 0 aliphatic carbocycles. The second-order valence-electron chi connectivity index (χ2n) is 3.71. The number of carbonyl (C=O) groups is 1. The number of amides is 1. The molecule has 1 rings (SSSR count). The molecule has 2 atom stereocenters. The summed E-state index contributed by atoms with van der Waals surface area (Å²) in [5, 5.41) is 0. The molecule has 0 aromatic rings. The average Bonchev–Trinajstić information content (AvgIpc) is 2.34. The van der Waals surface area contributed by atoms with Gasteiger partial charge in [0.2, 0.25) is 5.91 Å². The lowest BCUT2D eigenvalue weighted by atomic mass is 9.90. The Morgan fingerprint density at radius 1 is 1.75 bits per heavy atom. The van der Waals surface area contributed by atoms with Gasteiger partial charge in [-0.25, -0.2) is 0 Å². The zero-order chi connectivity index (χ0) is 9.14. The van der Waals surface area contributed by atoms with Crippen LogP contribution in [0.4, 0.5) is 0 Å². The molecule has 0 spiro atoms. The van der Waals surface area contributed by atoms with Crippen LogP contribution in [0, 0.1) is 11.8 Å². The topological polar surface area (TPSA) is 46.3 Å². The van der Waals surface area contributed by atoms with Gasteiger partial charge in [-0.3, -0.25) is 4.79 Å². The van der Waals surface area contributed by atoms with Gasteiger partial charge >= 0.3 is 0 Å². The molecular formula is C9H18N2O. The van der Waals surface area contributed by atoms with E-state index in [2.05, 4.69) is 6.92 Å². The van der Waals surface area contributed by atoms with Gasteiger partial charge in [-0.05, 0) is 25.3 Å². The maximum Gasteiger partial charge on any atom is 0.225 e. The predicted octanol–water partition coefficient (Wildman–Crippen LogP) is 0.450. The smallest absolute Gasteiger partial charge is 0.225 e. The van der Waals surface area contributed by atoms with Gasteiger partial charge in [0.05, 0.1) is 0 Å². The van der Waals surface area contributed by atoms with Gasteiger partial charge in [0, 0.05) is 19.5 Å². The molecule has 1 aliphatic rings. The Morgan fingerprint density at radius 2 is 2.42 bits per heavy atom. The number of hydrogen-bond acceptors (Lipinski definition) is 2. The Morgan fingerprint density at radius 3 is 2.83 bits per heavy atom. The Bertz CT molecular complexity index is 170. The number of rotatable bonds is 3. The lowest BCUT2D eigenvalue weighted by Gasteiger charge is -2.16. The maximum atomic E-state index is 11.5. The van der Waals surface area contributed by atoms with E-state index < -0.39 is 0 Å². The molecule has 3 heteroatoms. The molecule has 1 amide bonds. The van der Waals surface area contributed by atoms with Crippen molar-refractivity contribution in [3.05, 3.63) is 0 Å². The molecule has 2 unspecified atom stereocenters. The molecule has 3 nitrogen and oxygen atoms in total. The quantitative estimate of drug-likeness (QED) is 0.668. The van der Waals surface area contributed by atoms with Crippen molar-refractivity contribution in [3.63, 3.8) is 0 Å². The standard InChI is InChI=1S/C9H18N2O/c1-7(3-5-10)8-4-6-11(2)9(8)12/h7-8H,3-6,10H2,1-2H3. The second-order valence-corrected chi connectivity index (χ2v) is 3.71. The second kappa shape index (κ2) is 3.90. The van der Waals surface area contributed by atoms with E-state index in [4.69, 9.17) is 5.73 Å². The minimum absolute atomic E-state index is 0.235. The van der Waals surface area contributed by atoms with Crippen molar-refractivity contribution in [2.45, 2.75) is 19.8 Å². The Labute approximate surface area is 73.9 Å². The van der Waals surface area contributed by atoms with Gasteiger partial charge in [0.25, 0.3) is 0 Å². The summed E-state index contributed by atoms with van der Waals surface area (Å²) in [6, 6.07) is 0. The van der Waals surface area contributed by atoms with Crippen molar-refractivity contribution < 1.29 is 4.79 Å². The van der Waals surface area contributed by atoms with Crippen LogP contribution in [0.25, 0.3) is 0 Å². The number of nitrogens with zero attached hydrogens (tertiary/aromatic N) is 1. The SMILES string of the molecule is CC(CCN)C1CCN(C)C1=O. The van der Waals surface area contributed by atoms with Crippen LogP contribution < -0.4 is 5.73 Å². The fourth-order valence-corrected chi connectivity index (χ4v) is 1.84. The molecule has 1 heterocycles. The first-order chi connectivity index (χ1) is 5.66. The van der Waals surface area contributed by atoms with Crippen molar-refractivity contribution in [3.8, 4) is 0 Å². The fourth-order valence-electron chi connectivity index (χ4n) is 1.84. The molecule has 0 aromatic heterocycles. The lowest BCUT2D eigenvalue weighted by molar-refractivity contribution is -0.131. The molecular weight excluding hydrogens is 152 g/mol. The molecule has 1 aliphatic heterocycles. The highest BCUT2D eigenvalue weighted by Crippen LogP contribution is 2.25.